The van der Waals surface area contributed by atoms with E-state index in [0.717, 1.165) is 0 Å². The summed E-state index contributed by atoms with van der Waals surface area (Å²) in [7, 11) is 0. The van der Waals surface area contributed by atoms with Crippen molar-refractivity contribution in [1.29, 1.82) is 0 Å². The molecule has 0 saturated carbocycles. The van der Waals surface area contributed by atoms with Crippen LogP contribution >= 0.6 is 0 Å². The Morgan fingerprint density at radius 1 is 0.929 bits per heavy atom. The van der Waals surface area contributed by atoms with Crippen molar-refractivity contribution in [3.63, 3.8) is 0 Å². The molecule has 0 amide bonds. The Morgan fingerprint density at radius 3 is 1.50 bits per heavy atom. The number of carbonyl (C=O) groups is 2. The zero-order valence-electron chi connectivity index (χ0n) is 6.29. The van der Waals surface area contributed by atoms with E-state index in [9.17, 15) is 35.9 Å². The minimum absolute atomic E-state index is 0. The number of hydrogen-bond acceptors (Lipinski definition) is 2. The Hall–Kier alpha value is 0.271. The van der Waals surface area contributed by atoms with E-state index in [1.165, 1.54) is 0 Å². The molecular weight excluding hydrogens is 350 g/mol. The van der Waals surface area contributed by atoms with Crippen LogP contribution in [0.3, 0.4) is 0 Å². The maximum atomic E-state index is 11.9. The van der Waals surface area contributed by atoms with Crippen LogP contribution in [0.1, 0.15) is 0 Å². The SMILES string of the molecule is O=C(C(=O)C(F)(F)CF)C(F)(F)F.[Nd]. The van der Waals surface area contributed by atoms with Gasteiger partial charge in [-0.3, -0.25) is 9.59 Å². The zero-order chi connectivity index (χ0) is 10.9. The molecule has 0 atom stereocenters. The molecule has 2 nitrogen and oxygen atoms in total. The molecule has 0 rings (SSSR count). The second-order valence-electron chi connectivity index (χ2n) is 1.99. The van der Waals surface area contributed by atoms with E-state index in [1.807, 2.05) is 0 Å². The standard InChI is InChI=1S/C5H2F6O2.Nd/c6-1-4(7,8)2(12)3(13)5(9,10)11;/h1H2;. The van der Waals surface area contributed by atoms with Gasteiger partial charge in [0, 0.05) is 40.8 Å². The first-order valence-electron chi connectivity index (χ1n) is 2.72. The number of carbonyl (C=O) groups excluding carboxylic acids is 2. The fourth-order valence-electron chi connectivity index (χ4n) is 0.356. The predicted octanol–water partition coefficient (Wildman–Crippen LogP) is 1.29. The molecular formula is C5H2F6NdO2. The van der Waals surface area contributed by atoms with E-state index in [-0.39, 0.29) is 40.8 Å². The quantitative estimate of drug-likeness (QED) is 0.567. The summed E-state index contributed by atoms with van der Waals surface area (Å²) >= 11 is 0. The van der Waals surface area contributed by atoms with Crippen molar-refractivity contribution in [2.45, 2.75) is 12.1 Å². The van der Waals surface area contributed by atoms with Gasteiger partial charge in [-0.2, -0.15) is 22.0 Å². The van der Waals surface area contributed by atoms with Crippen molar-refractivity contribution < 1.29 is 76.8 Å². The van der Waals surface area contributed by atoms with Crippen molar-refractivity contribution in [2.75, 3.05) is 6.67 Å². The third kappa shape index (κ3) is 4.20. The van der Waals surface area contributed by atoms with Crippen LogP contribution in [0.2, 0.25) is 0 Å². The van der Waals surface area contributed by atoms with Gasteiger partial charge in [-0.25, -0.2) is 4.39 Å². The molecule has 0 aliphatic carbocycles. The van der Waals surface area contributed by atoms with Crippen molar-refractivity contribution in [1.82, 2.24) is 0 Å². The molecule has 0 bridgehead atoms. The Bertz CT molecular complexity index is 235. The molecule has 0 heterocycles. The second kappa shape index (κ2) is 5.38. The predicted molar refractivity (Wildman–Crippen MR) is 27.0 cm³/mol. The maximum absolute atomic E-state index is 11.9. The molecule has 0 unspecified atom stereocenters. The van der Waals surface area contributed by atoms with Crippen molar-refractivity contribution >= 4 is 11.6 Å². The fourth-order valence-corrected chi connectivity index (χ4v) is 0.356. The number of hydrogen-bond donors (Lipinski definition) is 0. The Balaban J connectivity index is 0. The minimum Gasteiger partial charge on any atom is -0.284 e. The summed E-state index contributed by atoms with van der Waals surface area (Å²) in [6.07, 6.45) is -5.70. The van der Waals surface area contributed by atoms with Gasteiger partial charge in [-0.05, 0) is 0 Å². The van der Waals surface area contributed by atoms with Gasteiger partial charge >= 0.3 is 17.9 Å². The fraction of sp³-hybridized carbons (Fsp3) is 0.600. The number of rotatable bonds is 3. The van der Waals surface area contributed by atoms with Crippen LogP contribution in [0, 0.1) is 40.8 Å². The molecule has 9 heteroatoms. The monoisotopic (exact) mass is 350 g/mol. The maximum Gasteiger partial charge on any atom is 0.458 e. The van der Waals surface area contributed by atoms with E-state index in [2.05, 4.69) is 0 Å². The van der Waals surface area contributed by atoms with Gasteiger partial charge < -0.3 is 0 Å². The van der Waals surface area contributed by atoms with Crippen molar-refractivity contribution in [2.24, 2.45) is 0 Å². The molecule has 0 aromatic carbocycles. The summed E-state index contributed by atoms with van der Waals surface area (Å²) < 4.78 is 69.1. The topological polar surface area (TPSA) is 34.1 Å². The van der Waals surface area contributed by atoms with Gasteiger partial charge in [-0.15, -0.1) is 0 Å². The summed E-state index contributed by atoms with van der Waals surface area (Å²) in [5.41, 5.74) is 0. The summed E-state index contributed by atoms with van der Waals surface area (Å²) in [5, 5.41) is 0. The van der Waals surface area contributed by atoms with E-state index in [1.54, 1.807) is 0 Å². The first-order chi connectivity index (χ1) is 5.63. The molecule has 0 radical (unpaired) electrons. The zero-order valence-corrected chi connectivity index (χ0v) is 9.50. The first kappa shape index (κ1) is 16.7. The molecule has 0 aliphatic rings. The molecule has 0 fully saturated rings. The summed E-state index contributed by atoms with van der Waals surface area (Å²) in [5.74, 6) is -11.2. The van der Waals surface area contributed by atoms with Crippen LogP contribution < -0.4 is 0 Å². The third-order valence-corrected chi connectivity index (χ3v) is 0.964. The van der Waals surface area contributed by atoms with Crippen LogP contribution in [0.5, 0.6) is 0 Å². The first-order valence-corrected chi connectivity index (χ1v) is 2.72. The molecule has 0 aliphatic heterocycles. The largest absolute Gasteiger partial charge is 0.458 e. The molecule has 80 valence electrons. The van der Waals surface area contributed by atoms with Crippen LogP contribution in [0.4, 0.5) is 26.3 Å². The van der Waals surface area contributed by atoms with Crippen LogP contribution in [0.25, 0.3) is 0 Å². The molecule has 0 N–H and O–H groups in total. The summed E-state index contributed by atoms with van der Waals surface area (Å²) in [6, 6.07) is 0. The van der Waals surface area contributed by atoms with Gasteiger partial charge in [0.15, 0.2) is 6.67 Å². The number of ketones is 2. The third-order valence-electron chi connectivity index (χ3n) is 0.964. The molecule has 0 saturated heterocycles. The van der Waals surface area contributed by atoms with Crippen LogP contribution in [-0.4, -0.2) is 30.3 Å². The van der Waals surface area contributed by atoms with Gasteiger partial charge in [0.25, 0.3) is 5.78 Å². The van der Waals surface area contributed by atoms with E-state index < -0.39 is 30.3 Å². The van der Waals surface area contributed by atoms with Crippen LogP contribution in [0.15, 0.2) is 0 Å². The minimum atomic E-state index is -5.70. The van der Waals surface area contributed by atoms with Gasteiger partial charge in [0.05, 0.1) is 0 Å². The van der Waals surface area contributed by atoms with E-state index in [4.69, 9.17) is 0 Å². The molecule has 0 aromatic rings. The number of halogens is 6. The number of alkyl halides is 6. The average molecular weight is 352 g/mol. The molecule has 0 aromatic heterocycles. The van der Waals surface area contributed by atoms with Gasteiger partial charge in [0.1, 0.15) is 0 Å². The Kier molecular flexibility index (Phi) is 6.42. The van der Waals surface area contributed by atoms with Gasteiger partial charge in [0.2, 0.25) is 0 Å². The molecule has 14 heavy (non-hydrogen) atoms. The van der Waals surface area contributed by atoms with E-state index in [0.29, 0.717) is 0 Å². The molecule has 0 spiro atoms. The van der Waals surface area contributed by atoms with E-state index >= 15 is 0 Å². The summed E-state index contributed by atoms with van der Waals surface area (Å²) in [4.78, 5) is 19.8. The Labute approximate surface area is 107 Å². The Morgan fingerprint density at radius 2 is 1.29 bits per heavy atom. The summed E-state index contributed by atoms with van der Waals surface area (Å²) in [6.45, 7) is -2.63. The normalized spacial score (nSPS) is 11.9. The second-order valence-corrected chi connectivity index (χ2v) is 1.99. The van der Waals surface area contributed by atoms with Crippen molar-refractivity contribution in [3.8, 4) is 0 Å². The van der Waals surface area contributed by atoms with Crippen molar-refractivity contribution in [3.05, 3.63) is 0 Å². The van der Waals surface area contributed by atoms with Gasteiger partial charge in [-0.1, -0.05) is 0 Å². The smallest absolute Gasteiger partial charge is 0.284 e. The van der Waals surface area contributed by atoms with Crippen LogP contribution in [-0.2, 0) is 9.59 Å². The average Bonchev–Trinajstić information content (AvgIpc) is 2.00. The number of Topliss-reactive ketones (excluding diaryl/α,β-unsaturated/α-hetero) is 2.